The zero-order chi connectivity index (χ0) is 34.8. The molecule has 5 atom stereocenters. The van der Waals surface area contributed by atoms with Gasteiger partial charge in [-0.15, -0.1) is 5.10 Å². The fourth-order valence-electron chi connectivity index (χ4n) is 3.95. The van der Waals surface area contributed by atoms with Gasteiger partial charge < -0.3 is 23.7 Å². The third-order valence-corrected chi connectivity index (χ3v) is 6.87. The van der Waals surface area contributed by atoms with E-state index in [9.17, 15) is 19.2 Å². The minimum Gasteiger partial charge on any atom is -0.462 e. The summed E-state index contributed by atoms with van der Waals surface area (Å²) in [6.45, 7) is 19.7. The SMILES string of the molecule is CC(C)(C)C(=O)OC[C@H]1O[C@@H](n2cc(-c3ccccn3)nn2)[C@H](OC(=O)C(C)(C)C)[C@@H](OC(=O)C(C)(C)C)[C@@H]1OC(=O)C(C)(C)C. The lowest BCUT2D eigenvalue weighted by atomic mass is 9.92. The minimum absolute atomic E-state index is 0.375. The highest BCUT2D eigenvalue weighted by Gasteiger charge is 2.55. The summed E-state index contributed by atoms with van der Waals surface area (Å²) in [4.78, 5) is 57.4. The van der Waals surface area contributed by atoms with Crippen LogP contribution in [-0.2, 0) is 42.9 Å². The van der Waals surface area contributed by atoms with Crippen LogP contribution in [0.3, 0.4) is 0 Å². The van der Waals surface area contributed by atoms with Crippen LogP contribution >= 0.6 is 0 Å². The van der Waals surface area contributed by atoms with Crippen LogP contribution in [0.2, 0.25) is 0 Å². The van der Waals surface area contributed by atoms with Crippen LogP contribution in [0.25, 0.3) is 11.4 Å². The number of rotatable bonds is 7. The monoisotopic (exact) mass is 644 g/mol. The van der Waals surface area contributed by atoms with Crippen LogP contribution in [0.15, 0.2) is 30.6 Å². The first-order valence-electron chi connectivity index (χ1n) is 15.3. The van der Waals surface area contributed by atoms with Crippen LogP contribution in [0.4, 0.5) is 0 Å². The standard InChI is InChI=1S/C33H48N4O9/c1-30(2,3)26(38)42-18-21-22(44-27(39)31(4,5)6)23(45-28(40)32(7,8)9)24(46-29(41)33(10,11)12)25(43-21)37-17-20(35-36-37)19-15-13-14-16-34-19/h13-17,21-25H,18H2,1-12H3/t21-,22-,23+,24-,25-/m1/s1. The Morgan fingerprint density at radius 1 is 0.696 bits per heavy atom. The molecular formula is C33H48N4O9. The van der Waals surface area contributed by atoms with Crippen molar-refractivity contribution in [2.75, 3.05) is 6.61 Å². The van der Waals surface area contributed by atoms with Crippen molar-refractivity contribution in [1.29, 1.82) is 0 Å². The Labute approximate surface area is 270 Å². The first-order valence-corrected chi connectivity index (χ1v) is 15.3. The highest BCUT2D eigenvalue weighted by Crippen LogP contribution is 2.38. The van der Waals surface area contributed by atoms with E-state index in [1.165, 1.54) is 4.68 Å². The lowest BCUT2D eigenvalue weighted by Gasteiger charge is -2.45. The van der Waals surface area contributed by atoms with Crippen molar-refractivity contribution in [2.45, 2.75) is 114 Å². The van der Waals surface area contributed by atoms with E-state index in [4.69, 9.17) is 23.7 Å². The van der Waals surface area contributed by atoms with Gasteiger partial charge in [0.15, 0.2) is 24.5 Å². The first-order chi connectivity index (χ1) is 21.0. The molecule has 0 saturated carbocycles. The van der Waals surface area contributed by atoms with Gasteiger partial charge in [0, 0.05) is 6.20 Å². The molecule has 3 heterocycles. The number of pyridine rings is 1. The van der Waals surface area contributed by atoms with Gasteiger partial charge in [-0.05, 0) is 95.2 Å². The van der Waals surface area contributed by atoms with Gasteiger partial charge in [0.05, 0.1) is 33.6 Å². The number of aromatic nitrogens is 4. The van der Waals surface area contributed by atoms with Crippen LogP contribution in [0, 0.1) is 21.7 Å². The van der Waals surface area contributed by atoms with Gasteiger partial charge in [-0.25, -0.2) is 4.68 Å². The van der Waals surface area contributed by atoms with E-state index in [-0.39, 0.29) is 6.61 Å². The molecule has 0 aromatic carbocycles. The number of esters is 4. The number of nitrogens with zero attached hydrogens (tertiary/aromatic N) is 4. The first kappa shape index (κ1) is 36.6. The lowest BCUT2D eigenvalue weighted by Crippen LogP contribution is -2.62. The topological polar surface area (TPSA) is 158 Å². The molecule has 0 bridgehead atoms. The highest BCUT2D eigenvalue weighted by molar-refractivity contribution is 5.78. The maximum absolute atomic E-state index is 13.5. The number of hydrogen-bond acceptors (Lipinski definition) is 12. The predicted octanol–water partition coefficient (Wildman–Crippen LogP) is 4.70. The molecule has 2 aromatic rings. The Balaban J connectivity index is 2.21. The molecule has 1 aliphatic heterocycles. The molecule has 13 nitrogen and oxygen atoms in total. The number of ether oxygens (including phenoxy) is 5. The van der Waals surface area contributed by atoms with Crippen LogP contribution < -0.4 is 0 Å². The van der Waals surface area contributed by atoms with Crippen molar-refractivity contribution in [1.82, 2.24) is 20.0 Å². The van der Waals surface area contributed by atoms with Gasteiger partial charge in [-0.2, -0.15) is 0 Å². The van der Waals surface area contributed by atoms with Gasteiger partial charge in [-0.1, -0.05) is 11.3 Å². The Morgan fingerprint density at radius 2 is 1.20 bits per heavy atom. The van der Waals surface area contributed by atoms with E-state index in [0.29, 0.717) is 11.4 Å². The summed E-state index contributed by atoms with van der Waals surface area (Å²) in [5.74, 6) is -2.45. The third kappa shape index (κ3) is 9.11. The molecule has 46 heavy (non-hydrogen) atoms. The van der Waals surface area contributed by atoms with Gasteiger partial charge in [0.2, 0.25) is 0 Å². The maximum Gasteiger partial charge on any atom is 0.311 e. The summed E-state index contributed by atoms with van der Waals surface area (Å²) < 4.78 is 31.5. The van der Waals surface area contributed by atoms with Crippen molar-refractivity contribution < 1.29 is 42.9 Å². The molecular weight excluding hydrogens is 596 g/mol. The highest BCUT2D eigenvalue weighted by atomic mass is 16.7. The largest absolute Gasteiger partial charge is 0.462 e. The molecule has 0 amide bonds. The van der Waals surface area contributed by atoms with E-state index < -0.39 is 76.2 Å². The second-order valence-electron chi connectivity index (χ2n) is 15.6. The van der Waals surface area contributed by atoms with Crippen LogP contribution in [-0.4, -0.2) is 74.9 Å². The zero-order valence-electron chi connectivity index (χ0n) is 28.9. The summed E-state index contributed by atoms with van der Waals surface area (Å²) in [6, 6.07) is 5.30. The lowest BCUT2D eigenvalue weighted by molar-refractivity contribution is -0.277. The quantitative estimate of drug-likeness (QED) is 0.303. The molecule has 0 unspecified atom stereocenters. The molecule has 254 valence electrons. The average molecular weight is 645 g/mol. The minimum atomic E-state index is -1.40. The summed E-state index contributed by atoms with van der Waals surface area (Å²) >= 11 is 0. The third-order valence-electron chi connectivity index (χ3n) is 6.87. The van der Waals surface area contributed by atoms with E-state index >= 15 is 0 Å². The van der Waals surface area contributed by atoms with E-state index in [1.807, 2.05) is 0 Å². The van der Waals surface area contributed by atoms with Crippen LogP contribution in [0.5, 0.6) is 0 Å². The van der Waals surface area contributed by atoms with Crippen molar-refractivity contribution in [2.24, 2.45) is 21.7 Å². The Morgan fingerprint density at radius 3 is 1.67 bits per heavy atom. The smallest absolute Gasteiger partial charge is 0.311 e. The second-order valence-corrected chi connectivity index (χ2v) is 15.6. The van der Waals surface area contributed by atoms with Crippen molar-refractivity contribution >= 4 is 23.9 Å². The van der Waals surface area contributed by atoms with Gasteiger partial charge in [0.1, 0.15) is 18.4 Å². The number of hydrogen-bond donors (Lipinski definition) is 0. The molecule has 1 aliphatic rings. The normalized spacial score (nSPS) is 22.5. The van der Waals surface area contributed by atoms with E-state index in [0.717, 1.165) is 0 Å². The Bertz CT molecular complexity index is 1400. The molecule has 0 N–H and O–H groups in total. The summed E-state index contributed by atoms with van der Waals surface area (Å²) in [6.07, 6.45) is -3.39. The molecule has 0 spiro atoms. The van der Waals surface area contributed by atoms with Crippen molar-refractivity contribution in [3.05, 3.63) is 30.6 Å². The number of carbonyl (C=O) groups is 4. The second kappa shape index (κ2) is 13.5. The van der Waals surface area contributed by atoms with Crippen molar-refractivity contribution in [3.63, 3.8) is 0 Å². The molecule has 1 fully saturated rings. The van der Waals surface area contributed by atoms with Gasteiger partial charge >= 0.3 is 23.9 Å². The zero-order valence-corrected chi connectivity index (χ0v) is 28.9. The summed E-state index contributed by atoms with van der Waals surface area (Å²) in [5.41, 5.74) is -2.86. The molecule has 2 aromatic heterocycles. The molecule has 1 saturated heterocycles. The molecule has 13 heteroatoms. The number of carbonyl (C=O) groups excluding carboxylic acids is 4. The Hall–Kier alpha value is -3.87. The average Bonchev–Trinajstić information content (AvgIpc) is 3.42. The van der Waals surface area contributed by atoms with Gasteiger partial charge in [0.25, 0.3) is 0 Å². The fourth-order valence-corrected chi connectivity index (χ4v) is 3.95. The van der Waals surface area contributed by atoms with Crippen LogP contribution in [0.1, 0.15) is 89.3 Å². The fraction of sp³-hybridized carbons (Fsp3) is 0.667. The Kier molecular flexibility index (Phi) is 10.7. The summed E-state index contributed by atoms with van der Waals surface area (Å²) in [5, 5.41) is 8.48. The molecule has 3 rings (SSSR count). The van der Waals surface area contributed by atoms with E-state index in [2.05, 4.69) is 15.3 Å². The van der Waals surface area contributed by atoms with Crippen molar-refractivity contribution in [3.8, 4) is 11.4 Å². The predicted molar refractivity (Wildman–Crippen MR) is 166 cm³/mol. The maximum atomic E-state index is 13.5. The molecule has 0 radical (unpaired) electrons. The van der Waals surface area contributed by atoms with E-state index in [1.54, 1.807) is 114 Å². The molecule has 0 aliphatic carbocycles. The summed E-state index contributed by atoms with van der Waals surface area (Å²) in [7, 11) is 0. The van der Waals surface area contributed by atoms with Gasteiger partial charge in [-0.3, -0.25) is 24.2 Å².